The van der Waals surface area contributed by atoms with Crippen molar-refractivity contribution in [1.82, 2.24) is 4.90 Å². The van der Waals surface area contributed by atoms with Crippen LogP contribution in [0, 0.1) is 0 Å². The zero-order valence-corrected chi connectivity index (χ0v) is 17.4. The molecule has 2 N–H and O–H groups in total. The van der Waals surface area contributed by atoms with Crippen LogP contribution in [0.1, 0.15) is 71.1 Å². The molecule has 9 heteroatoms. The Morgan fingerprint density at radius 1 is 0.852 bits per heavy atom. The molecule has 0 amide bonds. The Hall–Kier alpha value is -0.740. The van der Waals surface area contributed by atoms with Gasteiger partial charge in [0, 0.05) is 26.1 Å². The van der Waals surface area contributed by atoms with E-state index in [1.165, 1.54) is 32.1 Å². The van der Waals surface area contributed by atoms with Crippen LogP contribution in [0.3, 0.4) is 0 Å². The van der Waals surface area contributed by atoms with Crippen LogP contribution in [0.4, 0.5) is 0 Å². The van der Waals surface area contributed by atoms with Gasteiger partial charge < -0.3 is 14.4 Å². The number of unbranched alkanes of at least 4 members (excludes halogenated alkanes) is 8. The van der Waals surface area contributed by atoms with Gasteiger partial charge in [-0.05, 0) is 6.42 Å². The van der Waals surface area contributed by atoms with Gasteiger partial charge in [-0.2, -0.15) is 8.42 Å². The smallest absolute Gasteiger partial charge is 0.395 e. The van der Waals surface area contributed by atoms with Crippen LogP contribution in [0.5, 0.6) is 0 Å². The second-order valence-corrected chi connectivity index (χ2v) is 7.77. The lowest BCUT2D eigenvalue weighted by atomic mass is 10.1. The molecule has 0 aliphatic rings. The third kappa shape index (κ3) is 17.1. The lowest BCUT2D eigenvalue weighted by molar-refractivity contribution is -0.134. The third-order valence-electron chi connectivity index (χ3n) is 4.15. The fourth-order valence-electron chi connectivity index (χ4n) is 2.65. The fourth-order valence-corrected chi connectivity index (χ4v) is 3.28. The highest BCUT2D eigenvalue weighted by molar-refractivity contribution is 7.82. The summed E-state index contributed by atoms with van der Waals surface area (Å²) in [7, 11) is -4.37. The second-order valence-electron chi connectivity index (χ2n) is 6.55. The fraction of sp³-hybridized carbons (Fsp3) is 0.944. The maximum atomic E-state index is 11.6. The van der Waals surface area contributed by atoms with Crippen molar-refractivity contribution in [2.45, 2.75) is 71.1 Å². The number of aliphatic hydroxyl groups excluding tert-OH is 2. The molecule has 0 radical (unpaired) electrons. The van der Waals surface area contributed by atoms with E-state index in [-0.39, 0.29) is 32.8 Å². The van der Waals surface area contributed by atoms with Crippen LogP contribution in [-0.4, -0.2) is 69.0 Å². The highest BCUT2D eigenvalue weighted by Gasteiger charge is 2.18. The van der Waals surface area contributed by atoms with Gasteiger partial charge in [-0.25, -0.2) is 4.18 Å². The van der Waals surface area contributed by atoms with Crippen LogP contribution in [0.2, 0.25) is 0 Å². The van der Waals surface area contributed by atoms with Gasteiger partial charge in [0.2, 0.25) is 0 Å². The van der Waals surface area contributed by atoms with E-state index in [1.54, 1.807) is 4.90 Å². The van der Waals surface area contributed by atoms with Gasteiger partial charge in [-0.15, -0.1) is 0 Å². The van der Waals surface area contributed by atoms with Gasteiger partial charge in [-0.1, -0.05) is 58.3 Å². The van der Waals surface area contributed by atoms with Crippen molar-refractivity contribution >= 4 is 16.4 Å². The molecular formula is C18H37NO7S. The minimum Gasteiger partial charge on any atom is -0.395 e. The monoisotopic (exact) mass is 411 g/mol. The normalized spacial score (nSPS) is 11.9. The predicted molar refractivity (Wildman–Crippen MR) is 103 cm³/mol. The molecule has 0 aliphatic heterocycles. The lowest BCUT2D eigenvalue weighted by Gasteiger charge is -2.19. The van der Waals surface area contributed by atoms with Gasteiger partial charge in [0.25, 0.3) is 0 Å². The van der Waals surface area contributed by atoms with E-state index in [0.29, 0.717) is 19.5 Å². The average Bonchev–Trinajstić information content (AvgIpc) is 2.60. The molecule has 0 saturated heterocycles. The largest absolute Gasteiger partial charge is 0.451 e. The minimum atomic E-state index is -4.37. The van der Waals surface area contributed by atoms with Crippen molar-refractivity contribution in [3.63, 3.8) is 0 Å². The van der Waals surface area contributed by atoms with Crippen LogP contribution >= 0.6 is 0 Å². The van der Waals surface area contributed by atoms with Gasteiger partial charge in [0.1, 0.15) is 0 Å². The first-order valence-electron chi connectivity index (χ1n) is 10.0. The Bertz CT molecular complexity index is 451. The highest BCUT2D eigenvalue weighted by Crippen LogP contribution is 2.11. The van der Waals surface area contributed by atoms with Crippen molar-refractivity contribution in [3.8, 4) is 0 Å². The number of hydrogen-bond acceptors (Lipinski definition) is 8. The molecule has 0 bridgehead atoms. The zero-order chi connectivity index (χ0) is 20.4. The molecule has 0 unspecified atom stereocenters. The number of aliphatic hydroxyl groups is 2. The lowest BCUT2D eigenvalue weighted by Crippen LogP contribution is -2.33. The van der Waals surface area contributed by atoms with Gasteiger partial charge in [0.05, 0.1) is 19.8 Å². The molecule has 27 heavy (non-hydrogen) atoms. The molecule has 0 aromatic rings. The number of rotatable bonds is 19. The highest BCUT2D eigenvalue weighted by atomic mass is 32.3. The summed E-state index contributed by atoms with van der Waals surface area (Å²) in [6.45, 7) is 2.53. The number of carbonyl (C=O) groups is 1. The summed E-state index contributed by atoms with van der Waals surface area (Å²) in [6, 6.07) is 0. The molecule has 0 rings (SSSR count). The zero-order valence-electron chi connectivity index (χ0n) is 16.6. The summed E-state index contributed by atoms with van der Waals surface area (Å²) in [5.74, 6) is -0.805. The molecule has 0 aromatic carbocycles. The summed E-state index contributed by atoms with van der Waals surface area (Å²) < 4.78 is 32.3. The van der Waals surface area contributed by atoms with Crippen LogP contribution in [0.25, 0.3) is 0 Å². The molecule has 0 heterocycles. The van der Waals surface area contributed by atoms with Crippen molar-refractivity contribution in [2.75, 3.05) is 39.5 Å². The first-order chi connectivity index (χ1) is 12.9. The number of carbonyl (C=O) groups excluding carboxylic acids is 1. The van der Waals surface area contributed by atoms with Crippen molar-refractivity contribution in [2.24, 2.45) is 0 Å². The van der Waals surface area contributed by atoms with Crippen LogP contribution < -0.4 is 0 Å². The molecule has 0 aliphatic carbocycles. The Morgan fingerprint density at radius 2 is 1.37 bits per heavy atom. The summed E-state index contributed by atoms with van der Waals surface area (Å²) in [5.41, 5.74) is 0. The third-order valence-corrected chi connectivity index (χ3v) is 4.99. The van der Waals surface area contributed by atoms with Crippen molar-refractivity contribution in [1.29, 1.82) is 0 Å². The van der Waals surface area contributed by atoms with Gasteiger partial charge in [0.15, 0.2) is 0 Å². The maximum absolute atomic E-state index is 11.6. The van der Waals surface area contributed by atoms with E-state index in [4.69, 9.17) is 10.2 Å². The molecule has 0 fully saturated rings. The van der Waals surface area contributed by atoms with Gasteiger partial charge in [-0.3, -0.25) is 9.69 Å². The summed E-state index contributed by atoms with van der Waals surface area (Å²) in [4.78, 5) is 13.2. The van der Waals surface area contributed by atoms with Crippen molar-refractivity contribution in [3.05, 3.63) is 0 Å². The van der Waals surface area contributed by atoms with E-state index in [0.717, 1.165) is 19.3 Å². The molecule has 8 nitrogen and oxygen atoms in total. The summed E-state index contributed by atoms with van der Waals surface area (Å²) in [5, 5.41) is 17.7. The quantitative estimate of drug-likeness (QED) is 0.310. The first kappa shape index (κ1) is 26.3. The second kappa shape index (κ2) is 17.4. The topological polar surface area (TPSA) is 113 Å². The SMILES string of the molecule is CCCCCCCCCCCC(=O)OS(=O)(=O)OCCN(CCO)CCO. The van der Waals surface area contributed by atoms with Crippen molar-refractivity contribution < 1.29 is 31.8 Å². The van der Waals surface area contributed by atoms with E-state index in [9.17, 15) is 13.2 Å². The number of hydrogen-bond donors (Lipinski definition) is 2. The summed E-state index contributed by atoms with van der Waals surface area (Å²) in [6.07, 6.45) is 9.95. The van der Waals surface area contributed by atoms with Gasteiger partial charge >= 0.3 is 16.4 Å². The Morgan fingerprint density at radius 3 is 1.89 bits per heavy atom. The molecule has 0 aromatic heterocycles. The average molecular weight is 412 g/mol. The molecule has 0 saturated carbocycles. The number of nitrogens with zero attached hydrogens (tertiary/aromatic N) is 1. The Balaban J connectivity index is 3.79. The maximum Gasteiger partial charge on any atom is 0.451 e. The Kier molecular flexibility index (Phi) is 16.9. The van der Waals surface area contributed by atoms with Crippen LogP contribution in [0.15, 0.2) is 0 Å². The minimum absolute atomic E-state index is 0.0551. The standard InChI is InChI=1S/C18H37NO7S/c1-2-3-4-5-6-7-8-9-10-11-18(22)26-27(23,24)25-17-14-19(12-15-20)13-16-21/h20-21H,2-17H2,1H3. The molecular weight excluding hydrogens is 374 g/mol. The molecule has 162 valence electrons. The Labute approximate surface area is 164 Å². The first-order valence-corrected chi connectivity index (χ1v) is 11.3. The molecule has 0 spiro atoms. The van der Waals surface area contributed by atoms with Crippen LogP contribution in [-0.2, 0) is 23.6 Å². The van der Waals surface area contributed by atoms with E-state index < -0.39 is 16.4 Å². The molecule has 0 atom stereocenters. The van der Waals surface area contributed by atoms with E-state index >= 15 is 0 Å². The predicted octanol–water partition coefficient (Wildman–Crippen LogP) is 2.00. The summed E-state index contributed by atoms with van der Waals surface area (Å²) >= 11 is 0. The van der Waals surface area contributed by atoms with E-state index in [1.807, 2.05) is 0 Å². The van der Waals surface area contributed by atoms with E-state index in [2.05, 4.69) is 15.3 Å².